The molecule has 5 heteroatoms. The third-order valence-electron chi connectivity index (χ3n) is 3.45. The molecule has 1 aliphatic carbocycles. The van der Waals surface area contributed by atoms with Gasteiger partial charge in [-0.2, -0.15) is 0 Å². The van der Waals surface area contributed by atoms with Crippen molar-refractivity contribution in [3.05, 3.63) is 26.9 Å². The summed E-state index contributed by atoms with van der Waals surface area (Å²) in [5.74, 6) is 0.396. The van der Waals surface area contributed by atoms with Crippen LogP contribution in [0.1, 0.15) is 31.4 Å². The van der Waals surface area contributed by atoms with Crippen molar-refractivity contribution in [2.75, 3.05) is 6.54 Å². The summed E-state index contributed by atoms with van der Waals surface area (Å²) in [5, 5.41) is 13.3. The van der Waals surface area contributed by atoms with Gasteiger partial charge in [0.15, 0.2) is 0 Å². The number of pyridine rings is 1. The smallest absolute Gasteiger partial charge is 0.0684 e. The van der Waals surface area contributed by atoms with Gasteiger partial charge in [0.2, 0.25) is 0 Å². The Kier molecular flexibility index (Phi) is 5.60. The lowest BCUT2D eigenvalue weighted by atomic mass is 9.86. The van der Waals surface area contributed by atoms with Crippen molar-refractivity contribution < 1.29 is 5.11 Å². The molecule has 1 saturated carbocycles. The van der Waals surface area contributed by atoms with Crippen LogP contribution in [0.4, 0.5) is 0 Å². The minimum absolute atomic E-state index is 0.132. The molecule has 0 spiro atoms. The Morgan fingerprint density at radius 1 is 1.33 bits per heavy atom. The van der Waals surface area contributed by atoms with Crippen LogP contribution in [0.2, 0.25) is 0 Å². The van der Waals surface area contributed by atoms with E-state index < -0.39 is 0 Å². The van der Waals surface area contributed by atoms with Crippen LogP contribution in [-0.2, 0) is 6.54 Å². The standard InChI is InChI=1S/C13H18Br2N2O/c14-10-5-11(15)12(17-7-10)8-16-6-9-3-1-2-4-13(9)18/h5,7,9,13,16,18H,1-4,6,8H2. The normalized spacial score (nSPS) is 24.2. The van der Waals surface area contributed by atoms with Crippen molar-refractivity contribution in [1.29, 1.82) is 0 Å². The van der Waals surface area contributed by atoms with E-state index in [1.807, 2.05) is 6.07 Å². The van der Waals surface area contributed by atoms with Gasteiger partial charge in [-0.25, -0.2) is 0 Å². The summed E-state index contributed by atoms with van der Waals surface area (Å²) in [6.07, 6.45) is 6.15. The number of halogens is 2. The molecule has 0 amide bonds. The Morgan fingerprint density at radius 2 is 2.11 bits per heavy atom. The summed E-state index contributed by atoms with van der Waals surface area (Å²) in [5.41, 5.74) is 1.00. The second-order valence-electron chi connectivity index (χ2n) is 4.82. The van der Waals surface area contributed by atoms with Crippen molar-refractivity contribution >= 4 is 31.9 Å². The van der Waals surface area contributed by atoms with Crippen molar-refractivity contribution in [3.63, 3.8) is 0 Å². The van der Waals surface area contributed by atoms with Gasteiger partial charge in [0.1, 0.15) is 0 Å². The van der Waals surface area contributed by atoms with Crippen LogP contribution in [0, 0.1) is 5.92 Å². The lowest BCUT2D eigenvalue weighted by Gasteiger charge is -2.27. The Bertz CT molecular complexity index is 401. The average Bonchev–Trinajstić information content (AvgIpc) is 2.34. The number of nitrogens with one attached hydrogen (secondary N) is 1. The van der Waals surface area contributed by atoms with Crippen LogP contribution in [0.25, 0.3) is 0 Å². The first-order chi connectivity index (χ1) is 8.66. The summed E-state index contributed by atoms with van der Waals surface area (Å²) < 4.78 is 1.98. The maximum Gasteiger partial charge on any atom is 0.0684 e. The Morgan fingerprint density at radius 3 is 2.83 bits per heavy atom. The quantitative estimate of drug-likeness (QED) is 0.846. The molecule has 1 fully saturated rings. The Labute approximate surface area is 125 Å². The molecule has 0 aromatic carbocycles. The number of rotatable bonds is 4. The highest BCUT2D eigenvalue weighted by molar-refractivity contribution is 9.11. The fourth-order valence-electron chi connectivity index (χ4n) is 2.38. The topological polar surface area (TPSA) is 45.1 Å². The summed E-state index contributed by atoms with van der Waals surface area (Å²) >= 11 is 6.89. The molecule has 3 nitrogen and oxygen atoms in total. The van der Waals surface area contributed by atoms with Gasteiger partial charge in [-0.3, -0.25) is 4.98 Å². The maximum absolute atomic E-state index is 9.89. The Hall–Kier alpha value is 0.0300. The lowest BCUT2D eigenvalue weighted by Crippen LogP contribution is -2.33. The zero-order valence-electron chi connectivity index (χ0n) is 10.2. The van der Waals surface area contributed by atoms with Crippen LogP contribution in [0.15, 0.2) is 21.2 Å². The van der Waals surface area contributed by atoms with E-state index in [-0.39, 0.29) is 6.10 Å². The summed E-state index contributed by atoms with van der Waals surface area (Å²) in [6, 6.07) is 2.00. The fraction of sp³-hybridized carbons (Fsp3) is 0.615. The van der Waals surface area contributed by atoms with E-state index in [1.165, 1.54) is 6.42 Å². The molecule has 1 heterocycles. The van der Waals surface area contributed by atoms with Crippen molar-refractivity contribution in [3.8, 4) is 0 Å². The highest BCUT2D eigenvalue weighted by Crippen LogP contribution is 2.24. The van der Waals surface area contributed by atoms with Crippen LogP contribution >= 0.6 is 31.9 Å². The summed E-state index contributed by atoms with van der Waals surface area (Å²) in [6.45, 7) is 1.60. The molecular formula is C13H18Br2N2O. The molecule has 0 saturated heterocycles. The highest BCUT2D eigenvalue weighted by Gasteiger charge is 2.22. The molecule has 1 aromatic rings. The first kappa shape index (κ1) is 14.4. The van der Waals surface area contributed by atoms with Gasteiger partial charge in [0.05, 0.1) is 11.8 Å². The lowest BCUT2D eigenvalue weighted by molar-refractivity contribution is 0.0694. The molecule has 2 atom stereocenters. The summed E-state index contributed by atoms with van der Waals surface area (Å²) in [4.78, 5) is 4.36. The van der Waals surface area contributed by atoms with E-state index in [9.17, 15) is 5.11 Å². The zero-order valence-corrected chi connectivity index (χ0v) is 13.4. The van der Waals surface area contributed by atoms with E-state index in [1.54, 1.807) is 6.20 Å². The minimum Gasteiger partial charge on any atom is -0.393 e. The maximum atomic E-state index is 9.89. The molecule has 18 heavy (non-hydrogen) atoms. The molecule has 2 unspecified atom stereocenters. The zero-order chi connectivity index (χ0) is 13.0. The van der Waals surface area contributed by atoms with E-state index in [0.717, 1.165) is 47.0 Å². The third-order valence-corrected chi connectivity index (χ3v) is 4.57. The SMILES string of the molecule is OC1CCCCC1CNCc1ncc(Br)cc1Br. The predicted octanol–water partition coefficient (Wildman–Crippen LogP) is 3.25. The predicted molar refractivity (Wildman–Crippen MR) is 79.3 cm³/mol. The Balaban J connectivity index is 1.81. The van der Waals surface area contributed by atoms with Gasteiger partial charge in [0, 0.05) is 28.2 Å². The van der Waals surface area contributed by atoms with Gasteiger partial charge in [-0.1, -0.05) is 12.8 Å². The van der Waals surface area contributed by atoms with Crippen molar-refractivity contribution in [1.82, 2.24) is 10.3 Å². The number of hydrogen-bond acceptors (Lipinski definition) is 3. The van der Waals surface area contributed by atoms with Crippen LogP contribution < -0.4 is 5.32 Å². The number of aliphatic hydroxyl groups is 1. The van der Waals surface area contributed by atoms with Crippen LogP contribution in [0.5, 0.6) is 0 Å². The largest absolute Gasteiger partial charge is 0.393 e. The van der Waals surface area contributed by atoms with Crippen LogP contribution in [0.3, 0.4) is 0 Å². The third kappa shape index (κ3) is 4.02. The average molecular weight is 378 g/mol. The second-order valence-corrected chi connectivity index (χ2v) is 6.59. The molecule has 0 aliphatic heterocycles. The van der Waals surface area contributed by atoms with Crippen molar-refractivity contribution in [2.45, 2.75) is 38.3 Å². The molecular weight excluding hydrogens is 360 g/mol. The molecule has 100 valence electrons. The summed E-state index contributed by atoms with van der Waals surface area (Å²) in [7, 11) is 0. The van der Waals surface area contributed by atoms with Gasteiger partial charge in [0.25, 0.3) is 0 Å². The van der Waals surface area contributed by atoms with E-state index in [2.05, 4.69) is 42.2 Å². The molecule has 2 N–H and O–H groups in total. The molecule has 0 radical (unpaired) electrons. The van der Waals surface area contributed by atoms with Crippen LogP contribution in [-0.4, -0.2) is 22.7 Å². The van der Waals surface area contributed by atoms with E-state index in [0.29, 0.717) is 5.92 Å². The monoisotopic (exact) mass is 376 g/mol. The highest BCUT2D eigenvalue weighted by atomic mass is 79.9. The number of nitrogens with zero attached hydrogens (tertiary/aromatic N) is 1. The van der Waals surface area contributed by atoms with Gasteiger partial charge in [-0.05, 0) is 56.7 Å². The number of aromatic nitrogens is 1. The van der Waals surface area contributed by atoms with Gasteiger partial charge < -0.3 is 10.4 Å². The molecule has 1 aromatic heterocycles. The molecule has 0 bridgehead atoms. The van der Waals surface area contributed by atoms with E-state index in [4.69, 9.17) is 0 Å². The second kappa shape index (κ2) is 6.98. The molecule has 1 aliphatic rings. The minimum atomic E-state index is -0.132. The van der Waals surface area contributed by atoms with Crippen molar-refractivity contribution in [2.24, 2.45) is 5.92 Å². The fourth-order valence-corrected chi connectivity index (χ4v) is 3.50. The van der Waals surface area contributed by atoms with E-state index >= 15 is 0 Å². The van der Waals surface area contributed by atoms with Gasteiger partial charge >= 0.3 is 0 Å². The first-order valence-electron chi connectivity index (χ1n) is 6.35. The molecule has 2 rings (SSSR count). The number of hydrogen-bond donors (Lipinski definition) is 2. The number of aliphatic hydroxyl groups excluding tert-OH is 1. The first-order valence-corrected chi connectivity index (χ1v) is 7.94. The van der Waals surface area contributed by atoms with Gasteiger partial charge in [-0.15, -0.1) is 0 Å².